The Morgan fingerprint density at radius 3 is 1.69 bits per heavy atom. The van der Waals surface area contributed by atoms with E-state index < -0.39 is 0 Å². The van der Waals surface area contributed by atoms with Gasteiger partial charge in [0.25, 0.3) is 0 Å². The zero-order chi connectivity index (χ0) is 9.94. The maximum Gasteiger partial charge on any atom is -0.0414 e. The SMILES string of the molecule is CCCC.CCCC1CCCCC1. The van der Waals surface area contributed by atoms with Crippen molar-refractivity contribution >= 4 is 0 Å². The molecular formula is C13H28. The Bertz CT molecular complexity index is 75.3. The van der Waals surface area contributed by atoms with Crippen LogP contribution < -0.4 is 0 Å². The zero-order valence-electron chi connectivity index (χ0n) is 9.94. The summed E-state index contributed by atoms with van der Waals surface area (Å²) in [7, 11) is 0. The second-order valence-electron chi connectivity index (χ2n) is 4.29. The highest BCUT2D eigenvalue weighted by Crippen LogP contribution is 2.26. The van der Waals surface area contributed by atoms with E-state index in [4.69, 9.17) is 0 Å². The first-order chi connectivity index (χ1) is 6.35. The van der Waals surface area contributed by atoms with E-state index in [0.717, 1.165) is 5.92 Å². The molecular weight excluding hydrogens is 156 g/mol. The van der Waals surface area contributed by atoms with Gasteiger partial charge in [0, 0.05) is 0 Å². The molecule has 0 heterocycles. The fourth-order valence-corrected chi connectivity index (χ4v) is 1.88. The Hall–Kier alpha value is 0. The van der Waals surface area contributed by atoms with E-state index in [9.17, 15) is 0 Å². The minimum absolute atomic E-state index is 1.10. The van der Waals surface area contributed by atoms with E-state index in [1.165, 1.54) is 57.8 Å². The molecule has 1 aliphatic rings. The average Bonchev–Trinajstić information content (AvgIpc) is 2.20. The zero-order valence-corrected chi connectivity index (χ0v) is 9.94. The summed E-state index contributed by atoms with van der Waals surface area (Å²) in [6.45, 7) is 6.66. The minimum atomic E-state index is 1.10. The van der Waals surface area contributed by atoms with Crippen LogP contribution in [0.25, 0.3) is 0 Å². The molecule has 0 nitrogen and oxygen atoms in total. The van der Waals surface area contributed by atoms with Crippen LogP contribution in [0, 0.1) is 5.92 Å². The molecule has 0 aromatic heterocycles. The van der Waals surface area contributed by atoms with Crippen molar-refractivity contribution < 1.29 is 0 Å². The van der Waals surface area contributed by atoms with Crippen LogP contribution in [0.15, 0.2) is 0 Å². The summed E-state index contributed by atoms with van der Waals surface area (Å²) in [4.78, 5) is 0. The fraction of sp³-hybridized carbons (Fsp3) is 1.00. The van der Waals surface area contributed by atoms with Crippen LogP contribution in [0.5, 0.6) is 0 Å². The van der Waals surface area contributed by atoms with Gasteiger partial charge >= 0.3 is 0 Å². The van der Waals surface area contributed by atoms with Gasteiger partial charge in [0.1, 0.15) is 0 Å². The molecule has 0 radical (unpaired) electrons. The first kappa shape index (κ1) is 13.0. The van der Waals surface area contributed by atoms with Crippen molar-refractivity contribution in [3.05, 3.63) is 0 Å². The van der Waals surface area contributed by atoms with Crippen molar-refractivity contribution in [3.63, 3.8) is 0 Å². The largest absolute Gasteiger partial charge is 0.0654 e. The number of unbranched alkanes of at least 4 members (excludes halogenated alkanes) is 1. The smallest absolute Gasteiger partial charge is 0.0414 e. The molecule has 0 aromatic rings. The van der Waals surface area contributed by atoms with Gasteiger partial charge in [0.15, 0.2) is 0 Å². The predicted molar refractivity (Wildman–Crippen MR) is 62.1 cm³/mol. The number of rotatable bonds is 3. The molecule has 1 aliphatic carbocycles. The van der Waals surface area contributed by atoms with Crippen LogP contribution in [-0.4, -0.2) is 0 Å². The Balaban J connectivity index is 0.000000310. The summed E-state index contributed by atoms with van der Waals surface area (Å²) >= 11 is 0. The molecule has 13 heavy (non-hydrogen) atoms. The van der Waals surface area contributed by atoms with E-state index in [1.54, 1.807) is 0 Å². The van der Waals surface area contributed by atoms with Crippen molar-refractivity contribution in [2.75, 3.05) is 0 Å². The van der Waals surface area contributed by atoms with Crippen LogP contribution in [0.1, 0.15) is 78.6 Å². The summed E-state index contributed by atoms with van der Waals surface area (Å²) in [5.74, 6) is 1.10. The highest BCUT2D eigenvalue weighted by Gasteiger charge is 2.10. The van der Waals surface area contributed by atoms with Gasteiger partial charge in [-0.3, -0.25) is 0 Å². The maximum atomic E-state index is 2.30. The summed E-state index contributed by atoms with van der Waals surface area (Å²) in [6, 6.07) is 0. The van der Waals surface area contributed by atoms with E-state index in [-0.39, 0.29) is 0 Å². The topological polar surface area (TPSA) is 0 Å². The molecule has 1 fully saturated rings. The van der Waals surface area contributed by atoms with Gasteiger partial charge in [-0.05, 0) is 5.92 Å². The third-order valence-electron chi connectivity index (χ3n) is 2.92. The molecule has 0 N–H and O–H groups in total. The summed E-state index contributed by atoms with van der Waals surface area (Å²) in [5, 5.41) is 0. The number of hydrogen-bond donors (Lipinski definition) is 0. The summed E-state index contributed by atoms with van der Waals surface area (Å²) in [6.07, 6.45) is 13.1. The highest BCUT2D eigenvalue weighted by atomic mass is 14.2. The highest BCUT2D eigenvalue weighted by molar-refractivity contribution is 4.64. The molecule has 0 saturated heterocycles. The minimum Gasteiger partial charge on any atom is -0.0654 e. The van der Waals surface area contributed by atoms with Gasteiger partial charge < -0.3 is 0 Å². The quantitative estimate of drug-likeness (QED) is 0.567. The Morgan fingerprint density at radius 1 is 0.769 bits per heavy atom. The first-order valence-electron chi connectivity index (χ1n) is 6.35. The monoisotopic (exact) mass is 184 g/mol. The summed E-state index contributed by atoms with van der Waals surface area (Å²) < 4.78 is 0. The molecule has 1 rings (SSSR count). The van der Waals surface area contributed by atoms with Crippen LogP contribution in [0.2, 0.25) is 0 Å². The van der Waals surface area contributed by atoms with E-state index in [2.05, 4.69) is 20.8 Å². The molecule has 0 atom stereocenters. The molecule has 0 aromatic carbocycles. The van der Waals surface area contributed by atoms with Crippen LogP contribution in [-0.2, 0) is 0 Å². The second-order valence-corrected chi connectivity index (χ2v) is 4.29. The lowest BCUT2D eigenvalue weighted by Gasteiger charge is -2.20. The van der Waals surface area contributed by atoms with Gasteiger partial charge in [0.2, 0.25) is 0 Å². The van der Waals surface area contributed by atoms with Crippen molar-refractivity contribution in [2.24, 2.45) is 5.92 Å². The number of hydrogen-bond acceptors (Lipinski definition) is 0. The fourth-order valence-electron chi connectivity index (χ4n) is 1.88. The Labute approximate surface area is 85.1 Å². The molecule has 0 aliphatic heterocycles. The van der Waals surface area contributed by atoms with Crippen LogP contribution >= 0.6 is 0 Å². The van der Waals surface area contributed by atoms with Crippen LogP contribution in [0.3, 0.4) is 0 Å². The lowest BCUT2D eigenvalue weighted by atomic mass is 9.86. The third-order valence-corrected chi connectivity index (χ3v) is 2.92. The van der Waals surface area contributed by atoms with Gasteiger partial charge in [-0.2, -0.15) is 0 Å². The normalized spacial score (nSPS) is 17.8. The van der Waals surface area contributed by atoms with Gasteiger partial charge in [-0.25, -0.2) is 0 Å². The maximum absolute atomic E-state index is 2.30. The molecule has 0 spiro atoms. The van der Waals surface area contributed by atoms with Crippen molar-refractivity contribution in [2.45, 2.75) is 78.6 Å². The first-order valence-corrected chi connectivity index (χ1v) is 6.35. The molecule has 0 amide bonds. The average molecular weight is 184 g/mol. The second kappa shape index (κ2) is 10.1. The van der Waals surface area contributed by atoms with E-state index >= 15 is 0 Å². The van der Waals surface area contributed by atoms with Crippen molar-refractivity contribution in [1.82, 2.24) is 0 Å². The standard InChI is InChI=1S/C9H18.C4H10/c1-2-6-9-7-4-3-5-8-9;1-3-4-2/h9H,2-8H2,1H3;3-4H2,1-2H3. The van der Waals surface area contributed by atoms with Crippen molar-refractivity contribution in [1.29, 1.82) is 0 Å². The van der Waals surface area contributed by atoms with Crippen molar-refractivity contribution in [3.8, 4) is 0 Å². The summed E-state index contributed by atoms with van der Waals surface area (Å²) in [5.41, 5.74) is 0. The molecule has 0 heteroatoms. The van der Waals surface area contributed by atoms with Gasteiger partial charge in [-0.1, -0.05) is 78.6 Å². The van der Waals surface area contributed by atoms with Gasteiger partial charge in [-0.15, -0.1) is 0 Å². The Morgan fingerprint density at radius 2 is 1.31 bits per heavy atom. The third kappa shape index (κ3) is 8.33. The van der Waals surface area contributed by atoms with E-state index in [0.29, 0.717) is 0 Å². The lowest BCUT2D eigenvalue weighted by molar-refractivity contribution is 0.336. The van der Waals surface area contributed by atoms with E-state index in [1.807, 2.05) is 0 Å². The molecule has 0 bridgehead atoms. The molecule has 80 valence electrons. The molecule has 0 unspecified atom stereocenters. The predicted octanol–water partition coefficient (Wildman–Crippen LogP) is 5.17. The molecule has 1 saturated carbocycles. The Kier molecular flexibility index (Phi) is 10.1. The van der Waals surface area contributed by atoms with Gasteiger partial charge in [0.05, 0.1) is 0 Å². The van der Waals surface area contributed by atoms with Crippen LogP contribution in [0.4, 0.5) is 0 Å². The lowest BCUT2D eigenvalue weighted by Crippen LogP contribution is -2.04.